The lowest BCUT2D eigenvalue weighted by atomic mass is 10.0. The van der Waals surface area contributed by atoms with Crippen molar-refractivity contribution in [3.63, 3.8) is 0 Å². The zero-order chi connectivity index (χ0) is 15.5. The lowest BCUT2D eigenvalue weighted by molar-refractivity contribution is -0.118. The average molecular weight is 320 g/mol. The van der Waals surface area contributed by atoms with Crippen LogP contribution in [0.1, 0.15) is 40.8 Å². The van der Waals surface area contributed by atoms with Gasteiger partial charge in [0.25, 0.3) is 5.91 Å². The van der Waals surface area contributed by atoms with E-state index in [1.165, 1.54) is 10.9 Å². The first-order valence-corrected chi connectivity index (χ1v) is 7.92. The number of likely N-dealkylation sites (tertiary alicyclic amines) is 1. The van der Waals surface area contributed by atoms with Gasteiger partial charge in [-0.15, -0.1) is 16.4 Å². The van der Waals surface area contributed by atoms with Crippen molar-refractivity contribution < 1.29 is 9.59 Å². The van der Waals surface area contributed by atoms with E-state index in [0.29, 0.717) is 6.54 Å². The highest BCUT2D eigenvalue weighted by Gasteiger charge is 2.31. The Morgan fingerprint density at radius 3 is 3.00 bits per heavy atom. The molecule has 1 aliphatic heterocycles. The molecule has 2 aromatic rings. The van der Waals surface area contributed by atoms with E-state index in [1.807, 2.05) is 5.38 Å². The van der Waals surface area contributed by atoms with Crippen molar-refractivity contribution in [1.29, 1.82) is 0 Å². The van der Waals surface area contributed by atoms with E-state index < -0.39 is 5.91 Å². The zero-order valence-electron chi connectivity index (χ0n) is 11.9. The van der Waals surface area contributed by atoms with Gasteiger partial charge in [-0.2, -0.15) is 0 Å². The summed E-state index contributed by atoms with van der Waals surface area (Å²) in [5.74, 6) is -0.710. The second kappa shape index (κ2) is 6.22. The van der Waals surface area contributed by atoms with E-state index in [2.05, 4.69) is 15.3 Å². The second-order valence-electron chi connectivity index (χ2n) is 5.15. The lowest BCUT2D eigenvalue weighted by Crippen LogP contribution is -2.38. The molecule has 1 unspecified atom stereocenters. The highest BCUT2D eigenvalue weighted by atomic mass is 32.1. The Bertz CT molecular complexity index is 668. The van der Waals surface area contributed by atoms with Crippen LogP contribution in [0, 0.1) is 0 Å². The molecule has 116 valence electrons. The number of amides is 2. The van der Waals surface area contributed by atoms with Crippen LogP contribution in [0.15, 0.2) is 17.8 Å². The molecule has 1 fully saturated rings. The Morgan fingerprint density at radius 2 is 2.27 bits per heavy atom. The third kappa shape index (κ3) is 2.98. The Kier molecular flexibility index (Phi) is 4.14. The fraction of sp³-hybridized carbons (Fsp3) is 0.462. The fourth-order valence-corrected chi connectivity index (χ4v) is 3.40. The van der Waals surface area contributed by atoms with Crippen LogP contribution in [-0.2, 0) is 11.3 Å². The van der Waals surface area contributed by atoms with Crippen LogP contribution >= 0.6 is 11.3 Å². The highest BCUT2D eigenvalue weighted by molar-refractivity contribution is 7.09. The van der Waals surface area contributed by atoms with Crippen molar-refractivity contribution in [1.82, 2.24) is 24.9 Å². The molecule has 3 heterocycles. The molecule has 2 aromatic heterocycles. The molecule has 9 heteroatoms. The molecule has 0 saturated carbocycles. The lowest BCUT2D eigenvalue weighted by Gasteiger charge is -2.33. The van der Waals surface area contributed by atoms with E-state index in [4.69, 9.17) is 5.73 Å². The number of rotatable bonds is 4. The van der Waals surface area contributed by atoms with E-state index in [9.17, 15) is 9.59 Å². The van der Waals surface area contributed by atoms with Gasteiger partial charge in [0, 0.05) is 18.1 Å². The molecule has 2 amide bonds. The first-order valence-electron chi connectivity index (χ1n) is 7.04. The topological polar surface area (TPSA) is 107 Å². The Labute approximate surface area is 130 Å². The number of hydrogen-bond donors (Lipinski definition) is 1. The van der Waals surface area contributed by atoms with Crippen molar-refractivity contribution in [2.75, 3.05) is 6.54 Å². The molecule has 1 atom stereocenters. The van der Waals surface area contributed by atoms with E-state index in [1.54, 1.807) is 22.4 Å². The van der Waals surface area contributed by atoms with Crippen molar-refractivity contribution >= 4 is 23.2 Å². The van der Waals surface area contributed by atoms with Gasteiger partial charge < -0.3 is 10.6 Å². The number of nitrogens with two attached hydrogens (primary N) is 1. The minimum absolute atomic E-state index is 0.0115. The molecule has 0 aliphatic carbocycles. The van der Waals surface area contributed by atoms with Gasteiger partial charge in [0.2, 0.25) is 5.91 Å². The van der Waals surface area contributed by atoms with Gasteiger partial charge in [-0.05, 0) is 19.3 Å². The van der Waals surface area contributed by atoms with Crippen LogP contribution in [0.3, 0.4) is 0 Å². The predicted molar refractivity (Wildman–Crippen MR) is 79.0 cm³/mol. The Hall–Kier alpha value is -2.29. The van der Waals surface area contributed by atoms with Gasteiger partial charge in [0.05, 0.1) is 12.2 Å². The van der Waals surface area contributed by atoms with Gasteiger partial charge in [0.1, 0.15) is 11.6 Å². The Morgan fingerprint density at radius 1 is 1.41 bits per heavy atom. The molecule has 1 aliphatic rings. The minimum Gasteiger partial charge on any atom is -0.368 e. The molecule has 0 radical (unpaired) electrons. The second-order valence-corrected chi connectivity index (χ2v) is 6.07. The summed E-state index contributed by atoms with van der Waals surface area (Å²) in [5, 5.41) is 10.5. The van der Waals surface area contributed by atoms with Crippen molar-refractivity contribution in [3.05, 3.63) is 28.5 Å². The van der Waals surface area contributed by atoms with Crippen LogP contribution in [-0.4, -0.2) is 43.2 Å². The maximum atomic E-state index is 12.7. The molecule has 0 bridgehead atoms. The monoisotopic (exact) mass is 320 g/mol. The maximum Gasteiger partial charge on any atom is 0.276 e. The van der Waals surface area contributed by atoms with Crippen LogP contribution in [0.4, 0.5) is 0 Å². The third-order valence-electron chi connectivity index (χ3n) is 3.58. The van der Waals surface area contributed by atoms with Crippen LogP contribution in [0.2, 0.25) is 0 Å². The predicted octanol–water partition coefficient (Wildman–Crippen LogP) is 0.587. The highest BCUT2D eigenvalue weighted by Crippen LogP contribution is 2.32. The normalized spacial score (nSPS) is 18.4. The molecule has 8 nitrogen and oxygen atoms in total. The number of piperidine rings is 1. The number of carbonyl (C=O) groups excluding carboxylic acids is 2. The summed E-state index contributed by atoms with van der Waals surface area (Å²) in [6.45, 7) is 0.585. The largest absolute Gasteiger partial charge is 0.368 e. The SMILES string of the molecule is NC(=O)Cn1cc(C(=O)N2CCCCC2c2nccs2)nn1. The summed E-state index contributed by atoms with van der Waals surface area (Å²) < 4.78 is 1.28. The third-order valence-corrected chi connectivity index (χ3v) is 4.45. The smallest absolute Gasteiger partial charge is 0.276 e. The summed E-state index contributed by atoms with van der Waals surface area (Å²) in [7, 11) is 0. The van der Waals surface area contributed by atoms with E-state index in [-0.39, 0.29) is 24.2 Å². The molecular weight excluding hydrogens is 304 g/mol. The molecule has 2 N–H and O–H groups in total. The van der Waals surface area contributed by atoms with Gasteiger partial charge in [-0.3, -0.25) is 9.59 Å². The number of thiazole rings is 1. The van der Waals surface area contributed by atoms with E-state index >= 15 is 0 Å². The first kappa shape index (κ1) is 14.6. The summed E-state index contributed by atoms with van der Waals surface area (Å²) in [5.41, 5.74) is 5.34. The van der Waals surface area contributed by atoms with Gasteiger partial charge >= 0.3 is 0 Å². The number of primary amides is 1. The molecule has 3 rings (SSSR count). The van der Waals surface area contributed by atoms with Crippen molar-refractivity contribution in [2.45, 2.75) is 31.8 Å². The zero-order valence-corrected chi connectivity index (χ0v) is 12.7. The molecule has 0 aromatic carbocycles. The number of hydrogen-bond acceptors (Lipinski definition) is 6. The standard InChI is InChI=1S/C13H16N6O2S/c14-11(20)8-18-7-9(16-17-18)13(21)19-5-2-1-3-10(19)12-15-4-6-22-12/h4,6-7,10H,1-3,5,8H2,(H2,14,20). The summed E-state index contributed by atoms with van der Waals surface area (Å²) in [6.07, 6.45) is 6.14. The van der Waals surface area contributed by atoms with Crippen LogP contribution in [0.5, 0.6) is 0 Å². The van der Waals surface area contributed by atoms with Crippen LogP contribution < -0.4 is 5.73 Å². The maximum absolute atomic E-state index is 12.7. The van der Waals surface area contributed by atoms with Crippen LogP contribution in [0.25, 0.3) is 0 Å². The molecule has 1 saturated heterocycles. The molecule has 0 spiro atoms. The number of nitrogens with zero attached hydrogens (tertiary/aromatic N) is 5. The summed E-state index contributed by atoms with van der Waals surface area (Å²) in [4.78, 5) is 29.7. The summed E-state index contributed by atoms with van der Waals surface area (Å²) in [6, 6.07) is -0.0115. The van der Waals surface area contributed by atoms with Gasteiger partial charge in [-0.1, -0.05) is 5.21 Å². The first-order chi connectivity index (χ1) is 10.6. The average Bonchev–Trinajstić information content (AvgIpc) is 3.17. The Balaban J connectivity index is 1.80. The van der Waals surface area contributed by atoms with E-state index in [0.717, 1.165) is 24.3 Å². The minimum atomic E-state index is -0.525. The van der Waals surface area contributed by atoms with Gasteiger partial charge in [-0.25, -0.2) is 9.67 Å². The molecule has 22 heavy (non-hydrogen) atoms. The number of aromatic nitrogens is 4. The quantitative estimate of drug-likeness (QED) is 0.887. The summed E-state index contributed by atoms with van der Waals surface area (Å²) >= 11 is 1.55. The number of carbonyl (C=O) groups is 2. The fourth-order valence-electron chi connectivity index (χ4n) is 2.61. The van der Waals surface area contributed by atoms with Crippen molar-refractivity contribution in [2.24, 2.45) is 5.73 Å². The van der Waals surface area contributed by atoms with Gasteiger partial charge in [0.15, 0.2) is 5.69 Å². The molecular formula is C13H16N6O2S. The van der Waals surface area contributed by atoms with Crippen molar-refractivity contribution in [3.8, 4) is 0 Å².